The Kier molecular flexibility index (Phi) is 2.12. The van der Waals surface area contributed by atoms with Gasteiger partial charge in [-0.1, -0.05) is 0 Å². The lowest BCUT2D eigenvalue weighted by Gasteiger charge is -2.00. The third kappa shape index (κ3) is 1.34. The number of nitrogens with zero attached hydrogens (tertiary/aromatic N) is 3. The van der Waals surface area contributed by atoms with Crippen LogP contribution < -0.4 is 5.69 Å². The Hall–Kier alpha value is -1.06. The first-order chi connectivity index (χ1) is 5.16. The summed E-state index contributed by atoms with van der Waals surface area (Å²) in [5.41, 5.74) is -0.0255. The van der Waals surface area contributed by atoms with Crippen LogP contribution in [0.1, 0.15) is 26.8 Å². The van der Waals surface area contributed by atoms with Crippen molar-refractivity contribution in [3.63, 3.8) is 0 Å². The second-order valence-electron chi connectivity index (χ2n) is 2.74. The quantitative estimate of drug-likeness (QED) is 0.629. The van der Waals surface area contributed by atoms with Crippen LogP contribution in [-0.4, -0.2) is 14.3 Å². The number of aryl methyl sites for hydroxylation is 1. The molecule has 0 fully saturated rings. The molecule has 1 aromatic rings. The molecule has 4 heteroatoms. The molecule has 0 aliphatic rings. The molecule has 0 unspecified atom stereocenters. The van der Waals surface area contributed by atoms with Crippen LogP contribution >= 0.6 is 0 Å². The molecule has 0 radical (unpaired) electrons. The van der Waals surface area contributed by atoms with Crippen molar-refractivity contribution in [2.75, 3.05) is 0 Å². The fourth-order valence-electron chi connectivity index (χ4n) is 0.919. The van der Waals surface area contributed by atoms with Crippen molar-refractivity contribution in [1.82, 2.24) is 14.3 Å². The minimum atomic E-state index is -0.0255. The topological polar surface area (TPSA) is 39.8 Å². The van der Waals surface area contributed by atoms with Crippen molar-refractivity contribution >= 4 is 0 Å². The van der Waals surface area contributed by atoms with Crippen LogP contribution in [0.15, 0.2) is 11.1 Å². The van der Waals surface area contributed by atoms with Gasteiger partial charge in [0.15, 0.2) is 0 Å². The monoisotopic (exact) mass is 155 g/mol. The van der Waals surface area contributed by atoms with Crippen LogP contribution in [0.25, 0.3) is 0 Å². The summed E-state index contributed by atoms with van der Waals surface area (Å²) in [6.07, 6.45) is 1.57. The number of aromatic nitrogens is 3. The molecule has 1 rings (SSSR count). The first-order valence-electron chi connectivity index (χ1n) is 3.80. The maximum absolute atomic E-state index is 11.3. The van der Waals surface area contributed by atoms with Gasteiger partial charge in [-0.3, -0.25) is 4.57 Å². The summed E-state index contributed by atoms with van der Waals surface area (Å²) in [6, 6.07) is 0.148. The normalized spacial score (nSPS) is 10.9. The molecular formula is C7H13N3O. The lowest BCUT2D eigenvalue weighted by atomic mass is 10.4. The Bertz CT molecular complexity index is 284. The molecule has 0 saturated heterocycles. The van der Waals surface area contributed by atoms with Crippen molar-refractivity contribution in [2.45, 2.75) is 33.4 Å². The number of hydrogen-bond acceptors (Lipinski definition) is 2. The van der Waals surface area contributed by atoms with Crippen LogP contribution in [0, 0.1) is 0 Å². The summed E-state index contributed by atoms with van der Waals surface area (Å²) in [5.74, 6) is 0. The van der Waals surface area contributed by atoms with Crippen molar-refractivity contribution in [1.29, 1.82) is 0 Å². The van der Waals surface area contributed by atoms with E-state index in [0.29, 0.717) is 6.54 Å². The summed E-state index contributed by atoms with van der Waals surface area (Å²) in [5, 5.41) is 3.95. The average molecular weight is 155 g/mol. The molecule has 11 heavy (non-hydrogen) atoms. The molecular weight excluding hydrogens is 142 g/mol. The Morgan fingerprint density at radius 2 is 2.27 bits per heavy atom. The molecule has 0 aromatic carbocycles. The average Bonchev–Trinajstić information content (AvgIpc) is 2.30. The molecule has 0 aliphatic carbocycles. The highest BCUT2D eigenvalue weighted by molar-refractivity contribution is 4.69. The lowest BCUT2D eigenvalue weighted by molar-refractivity contribution is 0.505. The van der Waals surface area contributed by atoms with Crippen molar-refractivity contribution in [3.05, 3.63) is 16.8 Å². The van der Waals surface area contributed by atoms with E-state index in [1.807, 2.05) is 20.8 Å². The zero-order valence-electron chi connectivity index (χ0n) is 7.11. The zero-order chi connectivity index (χ0) is 8.43. The van der Waals surface area contributed by atoms with Gasteiger partial charge < -0.3 is 0 Å². The van der Waals surface area contributed by atoms with E-state index >= 15 is 0 Å². The van der Waals surface area contributed by atoms with E-state index < -0.39 is 0 Å². The summed E-state index contributed by atoms with van der Waals surface area (Å²) in [4.78, 5) is 11.3. The van der Waals surface area contributed by atoms with E-state index in [1.165, 1.54) is 4.68 Å². The SMILES string of the molecule is CCn1cnn(C(C)C)c1=O. The van der Waals surface area contributed by atoms with Gasteiger partial charge in [0, 0.05) is 6.54 Å². The second-order valence-corrected chi connectivity index (χ2v) is 2.74. The molecule has 1 aromatic heterocycles. The first kappa shape index (κ1) is 8.04. The Morgan fingerprint density at radius 3 is 2.55 bits per heavy atom. The zero-order valence-corrected chi connectivity index (χ0v) is 7.11. The lowest BCUT2D eigenvalue weighted by Crippen LogP contribution is -2.25. The fraction of sp³-hybridized carbons (Fsp3) is 0.714. The smallest absolute Gasteiger partial charge is 0.282 e. The van der Waals surface area contributed by atoms with E-state index in [9.17, 15) is 4.79 Å². The minimum Gasteiger partial charge on any atom is -0.282 e. The molecule has 62 valence electrons. The van der Waals surface area contributed by atoms with Gasteiger partial charge >= 0.3 is 5.69 Å². The van der Waals surface area contributed by atoms with Gasteiger partial charge in [0.1, 0.15) is 6.33 Å². The molecule has 0 bridgehead atoms. The van der Waals surface area contributed by atoms with E-state index in [1.54, 1.807) is 10.9 Å². The molecule has 0 aliphatic heterocycles. The molecule has 1 heterocycles. The molecule has 0 amide bonds. The number of rotatable bonds is 2. The summed E-state index contributed by atoms with van der Waals surface area (Å²) >= 11 is 0. The molecule has 0 N–H and O–H groups in total. The first-order valence-corrected chi connectivity index (χ1v) is 3.80. The summed E-state index contributed by atoms with van der Waals surface area (Å²) < 4.78 is 3.06. The summed E-state index contributed by atoms with van der Waals surface area (Å²) in [7, 11) is 0. The third-order valence-corrected chi connectivity index (χ3v) is 1.59. The van der Waals surface area contributed by atoms with Crippen molar-refractivity contribution < 1.29 is 0 Å². The van der Waals surface area contributed by atoms with E-state index in [0.717, 1.165) is 0 Å². The minimum absolute atomic E-state index is 0.0255. The molecule has 0 spiro atoms. The third-order valence-electron chi connectivity index (χ3n) is 1.59. The highest BCUT2D eigenvalue weighted by Crippen LogP contribution is 1.94. The Balaban J connectivity index is 3.11. The Morgan fingerprint density at radius 1 is 1.64 bits per heavy atom. The van der Waals surface area contributed by atoms with Crippen LogP contribution in [0.4, 0.5) is 0 Å². The van der Waals surface area contributed by atoms with Crippen LogP contribution in [0.3, 0.4) is 0 Å². The standard InChI is InChI=1S/C7H13N3O/c1-4-9-5-8-10(6(2)3)7(9)11/h5-6H,4H2,1-3H3. The van der Waals surface area contributed by atoms with E-state index in [4.69, 9.17) is 0 Å². The highest BCUT2D eigenvalue weighted by Gasteiger charge is 2.04. The van der Waals surface area contributed by atoms with Crippen molar-refractivity contribution in [2.24, 2.45) is 0 Å². The predicted octanol–water partition coefficient (Wildman–Crippen LogP) is 0.646. The Labute approximate surface area is 65.5 Å². The van der Waals surface area contributed by atoms with E-state index in [2.05, 4.69) is 5.10 Å². The van der Waals surface area contributed by atoms with Crippen LogP contribution in [0.2, 0.25) is 0 Å². The largest absolute Gasteiger partial charge is 0.345 e. The summed E-state index contributed by atoms with van der Waals surface area (Å²) in [6.45, 7) is 6.49. The molecule has 4 nitrogen and oxygen atoms in total. The van der Waals surface area contributed by atoms with Gasteiger partial charge in [-0.25, -0.2) is 9.48 Å². The van der Waals surface area contributed by atoms with Gasteiger partial charge in [-0.2, -0.15) is 5.10 Å². The van der Waals surface area contributed by atoms with Gasteiger partial charge in [0.25, 0.3) is 0 Å². The number of hydrogen-bond donors (Lipinski definition) is 0. The highest BCUT2D eigenvalue weighted by atomic mass is 16.2. The molecule has 0 saturated carbocycles. The van der Waals surface area contributed by atoms with Crippen LogP contribution in [0.5, 0.6) is 0 Å². The van der Waals surface area contributed by atoms with Gasteiger partial charge in [-0.05, 0) is 20.8 Å². The molecule has 0 atom stereocenters. The maximum Gasteiger partial charge on any atom is 0.345 e. The second kappa shape index (κ2) is 2.90. The van der Waals surface area contributed by atoms with Gasteiger partial charge in [0.05, 0.1) is 6.04 Å². The predicted molar refractivity (Wildman–Crippen MR) is 42.5 cm³/mol. The fourth-order valence-corrected chi connectivity index (χ4v) is 0.919. The van der Waals surface area contributed by atoms with Gasteiger partial charge in [0.2, 0.25) is 0 Å². The van der Waals surface area contributed by atoms with E-state index in [-0.39, 0.29) is 11.7 Å². The van der Waals surface area contributed by atoms with Crippen molar-refractivity contribution in [3.8, 4) is 0 Å². The van der Waals surface area contributed by atoms with Gasteiger partial charge in [-0.15, -0.1) is 0 Å². The maximum atomic E-state index is 11.3. The van der Waals surface area contributed by atoms with Crippen LogP contribution in [-0.2, 0) is 6.54 Å².